The number of rotatable bonds is 5. The van der Waals surface area contributed by atoms with Crippen molar-refractivity contribution >= 4 is 65.7 Å². The van der Waals surface area contributed by atoms with Gasteiger partial charge in [-0.05, 0) is 65.7 Å². The average Bonchev–Trinajstić information content (AvgIpc) is 3.95. The van der Waals surface area contributed by atoms with Gasteiger partial charge < -0.3 is 13.4 Å². The Morgan fingerprint density at radius 2 is 0.842 bits per heavy atom. The molecular formula is C51H30N4O2. The summed E-state index contributed by atoms with van der Waals surface area (Å²) in [7, 11) is 0. The van der Waals surface area contributed by atoms with Gasteiger partial charge in [-0.1, -0.05) is 121 Å². The van der Waals surface area contributed by atoms with Gasteiger partial charge in [0.1, 0.15) is 22.3 Å². The van der Waals surface area contributed by atoms with Crippen LogP contribution in [0, 0.1) is 0 Å². The molecule has 0 radical (unpaired) electrons. The van der Waals surface area contributed by atoms with E-state index in [0.717, 1.165) is 88.4 Å². The van der Waals surface area contributed by atoms with Crippen LogP contribution in [0.15, 0.2) is 191 Å². The highest BCUT2D eigenvalue weighted by atomic mass is 16.3. The van der Waals surface area contributed by atoms with Crippen molar-refractivity contribution in [2.24, 2.45) is 0 Å². The normalized spacial score (nSPS) is 11.9. The number of fused-ring (bicyclic) bond motifs is 9. The molecule has 8 aromatic carbocycles. The van der Waals surface area contributed by atoms with E-state index >= 15 is 0 Å². The molecule has 0 aliphatic carbocycles. The highest BCUT2D eigenvalue weighted by Crippen LogP contribution is 2.41. The summed E-state index contributed by atoms with van der Waals surface area (Å²) in [5.74, 6) is 1.84. The summed E-state index contributed by atoms with van der Waals surface area (Å²) in [5, 5.41) is 6.71. The minimum Gasteiger partial charge on any atom is -0.456 e. The van der Waals surface area contributed by atoms with Crippen LogP contribution in [0.3, 0.4) is 0 Å². The van der Waals surface area contributed by atoms with Gasteiger partial charge >= 0.3 is 0 Å². The first-order valence-corrected chi connectivity index (χ1v) is 19.0. The topological polar surface area (TPSA) is 69.9 Å². The molecule has 0 bridgehead atoms. The van der Waals surface area contributed by atoms with E-state index in [1.54, 1.807) is 0 Å². The molecule has 4 heterocycles. The fourth-order valence-electron chi connectivity index (χ4n) is 8.41. The van der Waals surface area contributed by atoms with Gasteiger partial charge in [-0.3, -0.25) is 0 Å². The van der Waals surface area contributed by atoms with Gasteiger partial charge in [0.05, 0.1) is 11.0 Å². The summed E-state index contributed by atoms with van der Waals surface area (Å²) in [6, 6.07) is 62.7. The molecule has 12 aromatic rings. The Bertz CT molecular complexity index is 3470. The number of nitrogens with zero attached hydrogens (tertiary/aromatic N) is 4. The van der Waals surface area contributed by atoms with Gasteiger partial charge in [0.15, 0.2) is 17.5 Å². The number of benzene rings is 8. The number of para-hydroxylation sites is 2. The molecule has 0 unspecified atom stereocenters. The predicted octanol–water partition coefficient (Wildman–Crippen LogP) is 13.4. The molecule has 4 aromatic heterocycles. The monoisotopic (exact) mass is 730 g/mol. The van der Waals surface area contributed by atoms with E-state index in [0.29, 0.717) is 17.5 Å². The van der Waals surface area contributed by atoms with Crippen molar-refractivity contribution in [3.8, 4) is 51.0 Å². The molecule has 6 nitrogen and oxygen atoms in total. The maximum atomic E-state index is 6.67. The van der Waals surface area contributed by atoms with Gasteiger partial charge in [-0.2, -0.15) is 0 Å². The van der Waals surface area contributed by atoms with Crippen LogP contribution in [-0.4, -0.2) is 19.5 Å². The minimum absolute atomic E-state index is 0.589. The molecule has 0 amide bonds. The Labute approximate surface area is 325 Å². The second-order valence-corrected chi connectivity index (χ2v) is 14.4. The second kappa shape index (κ2) is 12.3. The number of hydrogen-bond donors (Lipinski definition) is 0. The standard InChI is InChI=1S/C51H30N4O2/c1-3-12-31(13-4-1)49-52-50(32-14-5-2-6-15-32)54-51(53-49)34-23-26-39-40-27-24-35(30-47(40)57-46(39)29-34)55-42-19-9-7-17-41(42)48-36(18-11-20-43(48)55)33-22-25-38-37-16-8-10-21-44(37)56-45(38)28-33/h1-30H. The van der Waals surface area contributed by atoms with Crippen LogP contribution < -0.4 is 0 Å². The lowest BCUT2D eigenvalue weighted by Gasteiger charge is -2.09. The van der Waals surface area contributed by atoms with E-state index in [-0.39, 0.29) is 0 Å². The Kier molecular flexibility index (Phi) is 6.83. The first-order valence-electron chi connectivity index (χ1n) is 19.0. The Morgan fingerprint density at radius 3 is 1.56 bits per heavy atom. The van der Waals surface area contributed by atoms with Crippen LogP contribution in [0.1, 0.15) is 0 Å². The third-order valence-electron chi connectivity index (χ3n) is 11.1. The molecule has 6 heteroatoms. The largest absolute Gasteiger partial charge is 0.456 e. The van der Waals surface area contributed by atoms with Crippen LogP contribution in [0.2, 0.25) is 0 Å². The maximum Gasteiger partial charge on any atom is 0.164 e. The zero-order chi connectivity index (χ0) is 37.5. The highest BCUT2D eigenvalue weighted by molar-refractivity contribution is 6.17. The maximum absolute atomic E-state index is 6.67. The second-order valence-electron chi connectivity index (χ2n) is 14.4. The van der Waals surface area contributed by atoms with Crippen molar-refractivity contribution in [2.75, 3.05) is 0 Å². The molecule has 266 valence electrons. The fraction of sp³-hybridized carbons (Fsp3) is 0. The van der Waals surface area contributed by atoms with E-state index in [4.69, 9.17) is 23.8 Å². The molecule has 12 rings (SSSR count). The lowest BCUT2D eigenvalue weighted by Crippen LogP contribution is -2.00. The zero-order valence-electron chi connectivity index (χ0n) is 30.4. The third kappa shape index (κ3) is 5.01. The summed E-state index contributed by atoms with van der Waals surface area (Å²) < 4.78 is 15.3. The zero-order valence-corrected chi connectivity index (χ0v) is 30.4. The van der Waals surface area contributed by atoms with Crippen molar-refractivity contribution in [1.29, 1.82) is 0 Å². The molecule has 0 saturated carbocycles. The summed E-state index contributed by atoms with van der Waals surface area (Å²) in [6.07, 6.45) is 0. The molecule has 0 saturated heterocycles. The van der Waals surface area contributed by atoms with Gasteiger partial charge in [0.25, 0.3) is 0 Å². The Morgan fingerprint density at radius 1 is 0.333 bits per heavy atom. The van der Waals surface area contributed by atoms with Crippen molar-refractivity contribution in [1.82, 2.24) is 19.5 Å². The van der Waals surface area contributed by atoms with E-state index in [1.165, 1.54) is 10.8 Å². The smallest absolute Gasteiger partial charge is 0.164 e. The Hall–Kier alpha value is -7.83. The lowest BCUT2D eigenvalue weighted by atomic mass is 9.98. The van der Waals surface area contributed by atoms with Crippen molar-refractivity contribution in [2.45, 2.75) is 0 Å². The minimum atomic E-state index is 0.589. The van der Waals surface area contributed by atoms with E-state index in [1.807, 2.05) is 78.9 Å². The average molecular weight is 731 g/mol. The highest BCUT2D eigenvalue weighted by Gasteiger charge is 2.19. The molecular weight excluding hydrogens is 701 g/mol. The number of aromatic nitrogens is 4. The SMILES string of the molecule is c1ccc(-c2nc(-c3ccccc3)nc(-c3ccc4c(c3)oc3cc(-n5c6ccccc6c6c(-c7ccc8c(c7)oc7ccccc78)cccc65)ccc34)n2)cc1. The molecule has 0 atom stereocenters. The summed E-state index contributed by atoms with van der Waals surface area (Å²) in [5.41, 5.74) is 11.6. The van der Waals surface area contributed by atoms with Gasteiger partial charge in [-0.15, -0.1) is 0 Å². The first-order chi connectivity index (χ1) is 28.2. The summed E-state index contributed by atoms with van der Waals surface area (Å²) in [4.78, 5) is 14.8. The van der Waals surface area contributed by atoms with Gasteiger partial charge in [-0.25, -0.2) is 15.0 Å². The van der Waals surface area contributed by atoms with Crippen LogP contribution >= 0.6 is 0 Å². The van der Waals surface area contributed by atoms with Crippen molar-refractivity contribution in [3.05, 3.63) is 182 Å². The molecule has 0 aliphatic heterocycles. The van der Waals surface area contributed by atoms with Crippen LogP contribution in [-0.2, 0) is 0 Å². The quantitative estimate of drug-likeness (QED) is 0.176. The molecule has 0 fully saturated rings. The first kappa shape index (κ1) is 31.5. The fourth-order valence-corrected chi connectivity index (χ4v) is 8.41. The molecule has 57 heavy (non-hydrogen) atoms. The van der Waals surface area contributed by atoms with Crippen molar-refractivity contribution in [3.63, 3.8) is 0 Å². The predicted molar refractivity (Wildman–Crippen MR) is 230 cm³/mol. The van der Waals surface area contributed by atoms with Crippen molar-refractivity contribution < 1.29 is 8.83 Å². The number of furan rings is 2. The van der Waals surface area contributed by atoms with E-state index < -0.39 is 0 Å². The van der Waals surface area contributed by atoms with Crippen LogP contribution in [0.25, 0.3) is 117 Å². The molecule has 0 aliphatic rings. The third-order valence-corrected chi connectivity index (χ3v) is 11.1. The Balaban J connectivity index is 0.989. The van der Waals surface area contributed by atoms with E-state index in [9.17, 15) is 0 Å². The summed E-state index contributed by atoms with van der Waals surface area (Å²) >= 11 is 0. The molecule has 0 N–H and O–H groups in total. The molecule has 0 spiro atoms. The van der Waals surface area contributed by atoms with Crippen LogP contribution in [0.5, 0.6) is 0 Å². The van der Waals surface area contributed by atoms with Gasteiger partial charge in [0, 0.05) is 60.8 Å². The van der Waals surface area contributed by atoms with Crippen LogP contribution in [0.4, 0.5) is 0 Å². The summed E-state index contributed by atoms with van der Waals surface area (Å²) in [6.45, 7) is 0. The lowest BCUT2D eigenvalue weighted by molar-refractivity contribution is 0.668. The van der Waals surface area contributed by atoms with Gasteiger partial charge in [0.2, 0.25) is 0 Å². The van der Waals surface area contributed by atoms with E-state index in [2.05, 4.69) is 108 Å². The number of hydrogen-bond acceptors (Lipinski definition) is 5.